The fourth-order valence-electron chi connectivity index (χ4n) is 3.56. The Hall–Kier alpha value is -2.12. The summed E-state index contributed by atoms with van der Waals surface area (Å²) in [5, 5.41) is 5.48. The van der Waals surface area contributed by atoms with Crippen molar-refractivity contribution in [2.45, 2.75) is 70.3 Å². The Morgan fingerprint density at radius 1 is 1.15 bits per heavy atom. The van der Waals surface area contributed by atoms with Crippen molar-refractivity contribution in [1.82, 2.24) is 15.5 Å². The van der Waals surface area contributed by atoms with Crippen LogP contribution in [-0.2, 0) is 19.1 Å². The molecule has 2 fully saturated rings. The summed E-state index contributed by atoms with van der Waals surface area (Å²) in [5.74, 6) is -0.992. The summed E-state index contributed by atoms with van der Waals surface area (Å²) < 4.78 is 4.81. The van der Waals surface area contributed by atoms with E-state index in [9.17, 15) is 19.2 Å². The average molecular weight is 367 g/mol. The van der Waals surface area contributed by atoms with Crippen LogP contribution in [0.3, 0.4) is 0 Å². The maximum atomic E-state index is 12.8. The fraction of sp³-hybridized carbons (Fsp3) is 0.778. The predicted octanol–water partition coefficient (Wildman–Crippen LogP) is 1.48. The molecule has 1 spiro atoms. The van der Waals surface area contributed by atoms with E-state index in [1.807, 2.05) is 0 Å². The lowest BCUT2D eigenvalue weighted by Crippen LogP contribution is -2.48. The van der Waals surface area contributed by atoms with E-state index in [-0.39, 0.29) is 24.8 Å². The van der Waals surface area contributed by atoms with Crippen molar-refractivity contribution in [3.8, 4) is 0 Å². The number of ether oxygens (including phenoxy) is 1. The molecule has 0 aromatic rings. The molecule has 8 heteroatoms. The van der Waals surface area contributed by atoms with E-state index in [0.29, 0.717) is 32.4 Å². The third-order valence-corrected chi connectivity index (χ3v) is 4.94. The number of hydrogen-bond acceptors (Lipinski definition) is 5. The van der Waals surface area contributed by atoms with Crippen molar-refractivity contribution in [2.24, 2.45) is 0 Å². The number of urea groups is 1. The molecule has 1 saturated carbocycles. The third-order valence-electron chi connectivity index (χ3n) is 4.94. The zero-order valence-electron chi connectivity index (χ0n) is 15.5. The van der Waals surface area contributed by atoms with Gasteiger partial charge in [-0.25, -0.2) is 4.79 Å². The summed E-state index contributed by atoms with van der Waals surface area (Å²) in [6.07, 6.45) is 7.03. The minimum absolute atomic E-state index is 0.223. The molecule has 4 amide bonds. The molecule has 8 nitrogen and oxygen atoms in total. The molecule has 1 aliphatic heterocycles. The van der Waals surface area contributed by atoms with Crippen LogP contribution < -0.4 is 10.6 Å². The van der Waals surface area contributed by atoms with Gasteiger partial charge >= 0.3 is 12.0 Å². The van der Waals surface area contributed by atoms with Gasteiger partial charge in [0.05, 0.1) is 6.61 Å². The van der Waals surface area contributed by atoms with Gasteiger partial charge in [0.1, 0.15) is 12.1 Å². The molecule has 146 valence electrons. The number of nitrogens with zero attached hydrogens (tertiary/aromatic N) is 1. The highest BCUT2D eigenvalue weighted by molar-refractivity contribution is 6.09. The topological polar surface area (TPSA) is 105 Å². The Bertz CT molecular complexity index is 541. The van der Waals surface area contributed by atoms with Crippen LogP contribution in [0.15, 0.2) is 0 Å². The van der Waals surface area contributed by atoms with Crippen LogP contribution in [0.5, 0.6) is 0 Å². The third kappa shape index (κ3) is 5.19. The van der Waals surface area contributed by atoms with Gasteiger partial charge in [0.15, 0.2) is 0 Å². The predicted molar refractivity (Wildman–Crippen MR) is 94.2 cm³/mol. The van der Waals surface area contributed by atoms with Gasteiger partial charge in [-0.3, -0.25) is 19.3 Å². The number of nitrogens with one attached hydrogen (secondary N) is 2. The van der Waals surface area contributed by atoms with E-state index < -0.39 is 17.5 Å². The van der Waals surface area contributed by atoms with Gasteiger partial charge in [0.2, 0.25) is 5.91 Å². The van der Waals surface area contributed by atoms with Crippen LogP contribution in [-0.4, -0.2) is 54.0 Å². The largest absolute Gasteiger partial charge is 0.466 e. The van der Waals surface area contributed by atoms with Crippen molar-refractivity contribution in [2.75, 3.05) is 19.7 Å². The number of rotatable bonds is 7. The van der Waals surface area contributed by atoms with E-state index >= 15 is 0 Å². The molecular weight excluding hydrogens is 338 g/mol. The molecule has 0 atom stereocenters. The Morgan fingerprint density at radius 3 is 2.46 bits per heavy atom. The smallest absolute Gasteiger partial charge is 0.325 e. The summed E-state index contributed by atoms with van der Waals surface area (Å²) in [5.41, 5.74) is -0.832. The zero-order valence-corrected chi connectivity index (χ0v) is 15.5. The van der Waals surface area contributed by atoms with Gasteiger partial charge in [-0.1, -0.05) is 32.1 Å². The second-order valence-electron chi connectivity index (χ2n) is 6.93. The van der Waals surface area contributed by atoms with E-state index in [1.165, 1.54) is 0 Å². The standard InChI is InChI=1S/C18H29N3O5/c1-2-26-15(23)9-8-12-19-14(22)13-21-16(24)18(20-17(21)25)10-6-4-3-5-7-11-18/h2-13H2,1H3,(H,19,22)(H,20,25). The molecule has 1 saturated heterocycles. The molecule has 2 N–H and O–H groups in total. The summed E-state index contributed by atoms with van der Waals surface area (Å²) >= 11 is 0. The number of imide groups is 1. The molecule has 1 heterocycles. The SMILES string of the molecule is CCOC(=O)CCCNC(=O)CN1C(=O)NC2(CCCCCCC2)C1=O. The van der Waals surface area contributed by atoms with Crippen LogP contribution in [0.4, 0.5) is 4.79 Å². The second-order valence-corrected chi connectivity index (χ2v) is 6.93. The summed E-state index contributed by atoms with van der Waals surface area (Å²) in [6.45, 7) is 2.08. The van der Waals surface area contributed by atoms with Gasteiger partial charge in [-0.15, -0.1) is 0 Å². The second kappa shape index (κ2) is 9.54. The van der Waals surface area contributed by atoms with Crippen molar-refractivity contribution in [3.05, 3.63) is 0 Å². The van der Waals surface area contributed by atoms with E-state index in [0.717, 1.165) is 37.0 Å². The lowest BCUT2D eigenvalue weighted by Gasteiger charge is -2.28. The minimum atomic E-state index is -0.832. The fourth-order valence-corrected chi connectivity index (χ4v) is 3.56. The van der Waals surface area contributed by atoms with E-state index in [1.54, 1.807) is 6.92 Å². The van der Waals surface area contributed by atoms with Crippen LogP contribution in [0.1, 0.15) is 64.7 Å². The highest BCUT2D eigenvalue weighted by atomic mass is 16.5. The first-order chi connectivity index (χ1) is 12.5. The maximum absolute atomic E-state index is 12.8. The summed E-state index contributed by atoms with van der Waals surface area (Å²) in [7, 11) is 0. The minimum Gasteiger partial charge on any atom is -0.466 e. The summed E-state index contributed by atoms with van der Waals surface area (Å²) in [6, 6.07) is -0.489. The Balaban J connectivity index is 1.81. The quantitative estimate of drug-likeness (QED) is 0.403. The Kier molecular flexibility index (Phi) is 7.41. The zero-order chi connectivity index (χ0) is 19.0. The summed E-state index contributed by atoms with van der Waals surface area (Å²) in [4.78, 5) is 49.3. The van der Waals surface area contributed by atoms with E-state index in [2.05, 4.69) is 10.6 Å². The highest BCUT2D eigenvalue weighted by Gasteiger charge is 2.50. The number of hydrogen-bond donors (Lipinski definition) is 2. The lowest BCUT2D eigenvalue weighted by molar-refractivity contribution is -0.143. The molecule has 1 aliphatic carbocycles. The first-order valence-electron chi connectivity index (χ1n) is 9.55. The van der Waals surface area contributed by atoms with E-state index in [4.69, 9.17) is 4.74 Å². The van der Waals surface area contributed by atoms with Gasteiger partial charge in [-0.2, -0.15) is 0 Å². The van der Waals surface area contributed by atoms with Crippen LogP contribution in [0.2, 0.25) is 0 Å². The average Bonchev–Trinajstić information content (AvgIpc) is 2.80. The molecule has 2 aliphatic rings. The molecular formula is C18H29N3O5. The number of carbonyl (C=O) groups excluding carboxylic acids is 4. The van der Waals surface area contributed by atoms with Gasteiger partial charge in [0, 0.05) is 13.0 Å². The van der Waals surface area contributed by atoms with Gasteiger partial charge in [-0.05, 0) is 26.2 Å². The first-order valence-corrected chi connectivity index (χ1v) is 9.55. The molecule has 26 heavy (non-hydrogen) atoms. The maximum Gasteiger partial charge on any atom is 0.325 e. The van der Waals surface area contributed by atoms with Gasteiger partial charge < -0.3 is 15.4 Å². The Morgan fingerprint density at radius 2 is 1.81 bits per heavy atom. The van der Waals surface area contributed by atoms with Crippen molar-refractivity contribution >= 4 is 23.8 Å². The van der Waals surface area contributed by atoms with Gasteiger partial charge in [0.25, 0.3) is 5.91 Å². The highest BCUT2D eigenvalue weighted by Crippen LogP contribution is 2.31. The number of amides is 4. The normalized spacial score (nSPS) is 19.7. The molecule has 2 rings (SSSR count). The van der Waals surface area contributed by atoms with Crippen molar-refractivity contribution < 1.29 is 23.9 Å². The van der Waals surface area contributed by atoms with Crippen molar-refractivity contribution in [3.63, 3.8) is 0 Å². The number of esters is 1. The lowest BCUT2D eigenvalue weighted by atomic mass is 9.84. The molecule has 0 aromatic heterocycles. The molecule has 0 bridgehead atoms. The monoisotopic (exact) mass is 367 g/mol. The molecule has 0 aromatic carbocycles. The molecule has 0 radical (unpaired) electrons. The van der Waals surface area contributed by atoms with Crippen LogP contribution in [0.25, 0.3) is 0 Å². The Labute approximate surface area is 154 Å². The van der Waals surface area contributed by atoms with Crippen molar-refractivity contribution in [1.29, 1.82) is 0 Å². The van der Waals surface area contributed by atoms with Crippen LogP contribution >= 0.6 is 0 Å². The molecule has 0 unspecified atom stereocenters. The van der Waals surface area contributed by atoms with Crippen LogP contribution in [0, 0.1) is 0 Å². The number of carbonyl (C=O) groups is 4. The first kappa shape index (κ1) is 20.2.